The minimum Gasteiger partial charge on any atom is -0.458 e. The van der Waals surface area contributed by atoms with Gasteiger partial charge in [-0.1, -0.05) is 31.7 Å². The van der Waals surface area contributed by atoms with Crippen molar-refractivity contribution >= 4 is 23.7 Å². The average Bonchev–Trinajstić information content (AvgIpc) is 3.20. The van der Waals surface area contributed by atoms with E-state index in [1.165, 1.54) is 6.08 Å². The number of rotatable bonds is 6. The van der Waals surface area contributed by atoms with Crippen LogP contribution >= 0.6 is 0 Å². The molecule has 0 aromatic carbocycles. The van der Waals surface area contributed by atoms with Crippen molar-refractivity contribution in [2.75, 3.05) is 13.2 Å². The number of esters is 3. The second kappa shape index (κ2) is 9.87. The molecule has 6 atom stereocenters. The first-order valence-corrected chi connectivity index (χ1v) is 11.0. The van der Waals surface area contributed by atoms with Crippen molar-refractivity contribution in [2.45, 2.75) is 45.8 Å². The summed E-state index contributed by atoms with van der Waals surface area (Å²) in [5.41, 5.74) is 1.31. The van der Waals surface area contributed by atoms with Crippen LogP contribution in [0.3, 0.4) is 0 Å². The molecule has 0 amide bonds. The van der Waals surface area contributed by atoms with Crippen molar-refractivity contribution in [2.24, 2.45) is 23.7 Å². The van der Waals surface area contributed by atoms with Crippen LogP contribution in [0.2, 0.25) is 0 Å². The number of ketones is 1. The number of allylic oxidation sites excluding steroid dienone is 1. The van der Waals surface area contributed by atoms with Gasteiger partial charge < -0.3 is 19.3 Å². The van der Waals surface area contributed by atoms with Crippen LogP contribution in [0, 0.1) is 23.7 Å². The SMILES string of the molecule is C=C1CC(OC(=O)C(=CCO)COC(=O)C(C)=CC)C2C(=C)C(=O)OC2C2C(C)C(=O)CC12. The van der Waals surface area contributed by atoms with Gasteiger partial charge in [-0.2, -0.15) is 0 Å². The minimum absolute atomic E-state index is 0.0271. The predicted octanol–water partition coefficient (Wildman–Crippen LogP) is 2.23. The van der Waals surface area contributed by atoms with Crippen LogP contribution in [0.1, 0.15) is 33.6 Å². The summed E-state index contributed by atoms with van der Waals surface area (Å²) in [6.07, 6.45) is 1.91. The first-order valence-electron chi connectivity index (χ1n) is 11.0. The van der Waals surface area contributed by atoms with Crippen LogP contribution in [-0.2, 0) is 33.4 Å². The third-order valence-electron chi connectivity index (χ3n) is 6.97. The summed E-state index contributed by atoms with van der Waals surface area (Å²) in [5, 5.41) is 9.33. The van der Waals surface area contributed by atoms with Gasteiger partial charge in [0.25, 0.3) is 0 Å². The third kappa shape index (κ3) is 4.71. The van der Waals surface area contributed by atoms with Crippen molar-refractivity contribution < 1.29 is 38.5 Å². The van der Waals surface area contributed by atoms with E-state index in [2.05, 4.69) is 13.2 Å². The van der Waals surface area contributed by atoms with E-state index in [9.17, 15) is 24.3 Å². The number of hydrogen-bond acceptors (Lipinski definition) is 8. The van der Waals surface area contributed by atoms with Crippen LogP contribution in [-0.4, -0.2) is 54.2 Å². The van der Waals surface area contributed by atoms with Gasteiger partial charge in [-0.15, -0.1) is 0 Å². The van der Waals surface area contributed by atoms with Gasteiger partial charge in [0.05, 0.1) is 18.1 Å². The zero-order valence-corrected chi connectivity index (χ0v) is 19.2. The summed E-state index contributed by atoms with van der Waals surface area (Å²) in [4.78, 5) is 49.7. The maximum atomic E-state index is 13.0. The summed E-state index contributed by atoms with van der Waals surface area (Å²) in [7, 11) is 0. The minimum atomic E-state index is -0.795. The summed E-state index contributed by atoms with van der Waals surface area (Å²) in [5.74, 6) is -3.19. The molecule has 0 aromatic rings. The zero-order valence-electron chi connectivity index (χ0n) is 19.2. The molecular formula is C25H30O8. The molecule has 8 nitrogen and oxygen atoms in total. The summed E-state index contributed by atoms with van der Waals surface area (Å²) in [6.45, 7) is 12.3. The molecule has 1 saturated heterocycles. The fourth-order valence-corrected chi connectivity index (χ4v) is 4.94. The van der Waals surface area contributed by atoms with Crippen molar-refractivity contribution in [1.29, 1.82) is 0 Å². The van der Waals surface area contributed by atoms with E-state index in [1.807, 2.05) is 6.92 Å². The molecule has 33 heavy (non-hydrogen) atoms. The molecule has 2 saturated carbocycles. The summed E-state index contributed by atoms with van der Waals surface area (Å²) in [6, 6.07) is 0. The highest BCUT2D eigenvalue weighted by molar-refractivity contribution is 5.93. The molecule has 3 rings (SSSR count). The predicted molar refractivity (Wildman–Crippen MR) is 117 cm³/mol. The number of hydrogen-bond donors (Lipinski definition) is 1. The van der Waals surface area contributed by atoms with Gasteiger partial charge in [0.15, 0.2) is 0 Å². The number of Topliss-reactive ketones (excluding diaryl/α,β-unsaturated/α-hetero) is 1. The molecular weight excluding hydrogens is 428 g/mol. The van der Waals surface area contributed by atoms with Gasteiger partial charge in [0.2, 0.25) is 0 Å². The normalized spacial score (nSPS) is 32.1. The van der Waals surface area contributed by atoms with E-state index < -0.39 is 42.6 Å². The number of carbonyl (C=O) groups excluding carboxylic acids is 4. The van der Waals surface area contributed by atoms with E-state index >= 15 is 0 Å². The quantitative estimate of drug-likeness (QED) is 0.279. The fraction of sp³-hybridized carbons (Fsp3) is 0.520. The Balaban J connectivity index is 1.83. The van der Waals surface area contributed by atoms with Crippen LogP contribution < -0.4 is 0 Å². The van der Waals surface area contributed by atoms with E-state index in [-0.39, 0.29) is 47.7 Å². The Morgan fingerprint density at radius 1 is 1.21 bits per heavy atom. The van der Waals surface area contributed by atoms with Crippen molar-refractivity contribution in [3.63, 3.8) is 0 Å². The lowest BCUT2D eigenvalue weighted by Crippen LogP contribution is -2.38. The monoisotopic (exact) mass is 458 g/mol. The van der Waals surface area contributed by atoms with Gasteiger partial charge in [-0.05, 0) is 25.8 Å². The molecule has 0 radical (unpaired) electrons. The lowest BCUT2D eigenvalue weighted by atomic mass is 9.79. The lowest BCUT2D eigenvalue weighted by Gasteiger charge is -2.29. The van der Waals surface area contributed by atoms with Gasteiger partial charge >= 0.3 is 17.9 Å². The highest BCUT2D eigenvalue weighted by Gasteiger charge is 2.57. The highest BCUT2D eigenvalue weighted by atomic mass is 16.6. The zero-order chi connectivity index (χ0) is 24.4. The number of aliphatic hydroxyl groups is 1. The Hall–Kier alpha value is -3.00. The van der Waals surface area contributed by atoms with Crippen LogP contribution in [0.25, 0.3) is 0 Å². The largest absolute Gasteiger partial charge is 0.458 e. The molecule has 1 heterocycles. The first-order chi connectivity index (χ1) is 15.6. The van der Waals surface area contributed by atoms with Gasteiger partial charge in [-0.3, -0.25) is 4.79 Å². The number of fused-ring (bicyclic) bond motifs is 3. The third-order valence-corrected chi connectivity index (χ3v) is 6.97. The Labute approximate surface area is 193 Å². The van der Waals surface area contributed by atoms with Crippen LogP contribution in [0.4, 0.5) is 0 Å². The van der Waals surface area contributed by atoms with E-state index in [0.717, 1.165) is 5.57 Å². The van der Waals surface area contributed by atoms with E-state index in [0.29, 0.717) is 12.0 Å². The van der Waals surface area contributed by atoms with Crippen molar-refractivity contribution in [1.82, 2.24) is 0 Å². The Morgan fingerprint density at radius 2 is 1.91 bits per heavy atom. The molecule has 0 bridgehead atoms. The molecule has 3 fully saturated rings. The second-order valence-corrected chi connectivity index (χ2v) is 8.83. The van der Waals surface area contributed by atoms with Crippen molar-refractivity contribution in [3.8, 4) is 0 Å². The molecule has 0 aromatic heterocycles. The van der Waals surface area contributed by atoms with Gasteiger partial charge in [0, 0.05) is 35.8 Å². The highest BCUT2D eigenvalue weighted by Crippen LogP contribution is 2.52. The molecule has 2 aliphatic carbocycles. The van der Waals surface area contributed by atoms with Gasteiger partial charge in [-0.25, -0.2) is 14.4 Å². The molecule has 1 N–H and O–H groups in total. The maximum absolute atomic E-state index is 13.0. The van der Waals surface area contributed by atoms with Crippen LogP contribution in [0.15, 0.2) is 47.6 Å². The lowest BCUT2D eigenvalue weighted by molar-refractivity contribution is -0.150. The van der Waals surface area contributed by atoms with Crippen molar-refractivity contribution in [3.05, 3.63) is 47.6 Å². The topological polar surface area (TPSA) is 116 Å². The summed E-state index contributed by atoms with van der Waals surface area (Å²) >= 11 is 0. The van der Waals surface area contributed by atoms with Crippen LogP contribution in [0.5, 0.6) is 0 Å². The molecule has 6 unspecified atom stereocenters. The maximum Gasteiger partial charge on any atom is 0.337 e. The smallest absolute Gasteiger partial charge is 0.337 e. The Kier molecular flexibility index (Phi) is 7.37. The number of ether oxygens (including phenoxy) is 3. The van der Waals surface area contributed by atoms with Gasteiger partial charge in [0.1, 0.15) is 24.6 Å². The van der Waals surface area contributed by atoms with E-state index in [4.69, 9.17) is 14.2 Å². The van der Waals surface area contributed by atoms with E-state index in [1.54, 1.807) is 19.9 Å². The average molecular weight is 459 g/mol. The Morgan fingerprint density at radius 3 is 2.55 bits per heavy atom. The summed E-state index contributed by atoms with van der Waals surface area (Å²) < 4.78 is 16.5. The molecule has 8 heteroatoms. The first kappa shape index (κ1) is 24.6. The molecule has 1 aliphatic heterocycles. The standard InChI is InChI=1S/C25H30O8/c1-6-12(2)23(28)31-11-16(7-8-26)25(30)32-19-9-13(3)17-10-18(27)14(4)20(17)22-21(19)15(5)24(29)33-22/h6-7,14,17,19-22,26H,3,5,8-11H2,1-2,4H3. The fourth-order valence-electron chi connectivity index (χ4n) is 4.94. The molecule has 178 valence electrons. The number of aliphatic hydroxyl groups excluding tert-OH is 1. The molecule has 3 aliphatic rings. The molecule has 0 spiro atoms. The number of carbonyl (C=O) groups is 4. The Bertz CT molecular complexity index is 955. The second-order valence-electron chi connectivity index (χ2n) is 8.83.